The fourth-order valence-electron chi connectivity index (χ4n) is 0.922. The van der Waals surface area contributed by atoms with Crippen LogP contribution in [0.5, 0.6) is 0 Å². The van der Waals surface area contributed by atoms with Gasteiger partial charge >= 0.3 is 5.97 Å². The first-order chi connectivity index (χ1) is 6.00. The van der Waals surface area contributed by atoms with Crippen molar-refractivity contribution in [1.29, 1.82) is 0 Å². The van der Waals surface area contributed by atoms with Crippen molar-refractivity contribution >= 4 is 18.6 Å². The highest BCUT2D eigenvalue weighted by Crippen LogP contribution is 2.19. The molecular weight excluding hydrogens is 198 g/mol. The zero-order valence-corrected chi connectivity index (χ0v) is 7.31. The number of carbonyl (C=O) groups is 1. The van der Waals surface area contributed by atoms with Gasteiger partial charge in [-0.1, -0.05) is 0 Å². The molecule has 0 aliphatic heterocycles. The molecule has 0 spiro atoms. The first kappa shape index (κ1) is 9.98. The van der Waals surface area contributed by atoms with Crippen molar-refractivity contribution in [3.05, 3.63) is 29.3 Å². The van der Waals surface area contributed by atoms with Gasteiger partial charge in [0, 0.05) is 10.5 Å². The van der Waals surface area contributed by atoms with Crippen LogP contribution in [0.25, 0.3) is 0 Å². The van der Waals surface area contributed by atoms with Crippen LogP contribution in [0.2, 0.25) is 0 Å². The molecular formula is C8H6F2O2S. The molecule has 13 heavy (non-hydrogen) atoms. The molecule has 0 atom stereocenters. The minimum Gasteiger partial charge on any atom is -0.481 e. The average Bonchev–Trinajstić information content (AvgIpc) is 1.98. The number of hydrogen-bond donors (Lipinski definition) is 2. The average molecular weight is 204 g/mol. The minimum absolute atomic E-state index is 0.184. The first-order valence-electron chi connectivity index (χ1n) is 3.39. The van der Waals surface area contributed by atoms with Crippen LogP contribution in [0.4, 0.5) is 8.78 Å². The minimum atomic E-state index is -1.21. The Morgan fingerprint density at radius 1 is 1.46 bits per heavy atom. The van der Waals surface area contributed by atoms with Crippen LogP contribution in [0.15, 0.2) is 17.0 Å². The standard InChI is InChI=1S/C8H6F2O2S/c9-5-1-4(2-7(11)12)8(10)6(13)3-5/h1,3,13H,2H2,(H,11,12). The molecule has 1 N–H and O–H groups in total. The van der Waals surface area contributed by atoms with Gasteiger partial charge in [-0.15, -0.1) is 12.6 Å². The van der Waals surface area contributed by atoms with Crippen LogP contribution in [0.1, 0.15) is 5.56 Å². The van der Waals surface area contributed by atoms with Gasteiger partial charge < -0.3 is 5.11 Å². The zero-order valence-electron chi connectivity index (χ0n) is 6.42. The number of hydrogen-bond acceptors (Lipinski definition) is 2. The van der Waals surface area contributed by atoms with Crippen molar-refractivity contribution in [1.82, 2.24) is 0 Å². The lowest BCUT2D eigenvalue weighted by Gasteiger charge is -2.02. The molecule has 0 saturated heterocycles. The van der Waals surface area contributed by atoms with E-state index in [1.54, 1.807) is 0 Å². The molecule has 0 bridgehead atoms. The maximum atomic E-state index is 13.0. The Morgan fingerprint density at radius 2 is 2.08 bits per heavy atom. The normalized spacial score (nSPS) is 10.1. The number of halogens is 2. The SMILES string of the molecule is O=C(O)Cc1cc(F)cc(S)c1F. The van der Waals surface area contributed by atoms with Crippen LogP contribution < -0.4 is 0 Å². The molecule has 0 unspecified atom stereocenters. The second-order valence-electron chi connectivity index (χ2n) is 2.47. The van der Waals surface area contributed by atoms with E-state index in [2.05, 4.69) is 12.6 Å². The van der Waals surface area contributed by atoms with E-state index in [-0.39, 0.29) is 10.5 Å². The van der Waals surface area contributed by atoms with Gasteiger partial charge in [0.1, 0.15) is 11.6 Å². The maximum absolute atomic E-state index is 13.0. The Kier molecular flexibility index (Phi) is 2.87. The molecule has 1 rings (SSSR count). The van der Waals surface area contributed by atoms with E-state index < -0.39 is 24.0 Å². The van der Waals surface area contributed by atoms with Gasteiger partial charge in [-0.05, 0) is 12.1 Å². The lowest BCUT2D eigenvalue weighted by Crippen LogP contribution is -2.03. The number of rotatable bonds is 2. The third-order valence-electron chi connectivity index (χ3n) is 1.44. The summed E-state index contributed by atoms with van der Waals surface area (Å²) in [4.78, 5) is 10.0. The summed E-state index contributed by atoms with van der Waals surface area (Å²) in [6, 6.07) is 1.74. The molecule has 0 radical (unpaired) electrons. The summed E-state index contributed by atoms with van der Waals surface area (Å²) in [6.07, 6.45) is -0.544. The Bertz CT molecular complexity index is 352. The van der Waals surface area contributed by atoms with Crippen molar-refractivity contribution in [2.45, 2.75) is 11.3 Å². The van der Waals surface area contributed by atoms with Crippen LogP contribution in [-0.2, 0) is 11.2 Å². The van der Waals surface area contributed by atoms with E-state index in [1.165, 1.54) is 0 Å². The number of benzene rings is 1. The van der Waals surface area contributed by atoms with Crippen LogP contribution in [0.3, 0.4) is 0 Å². The molecule has 0 amide bonds. The molecule has 0 saturated carbocycles. The van der Waals surface area contributed by atoms with Crippen LogP contribution >= 0.6 is 12.6 Å². The summed E-state index contributed by atoms with van der Waals surface area (Å²) in [5, 5.41) is 8.36. The van der Waals surface area contributed by atoms with Gasteiger partial charge in [0.25, 0.3) is 0 Å². The molecule has 1 aromatic carbocycles. The smallest absolute Gasteiger partial charge is 0.307 e. The van der Waals surface area contributed by atoms with Crippen molar-refractivity contribution in [3.63, 3.8) is 0 Å². The van der Waals surface area contributed by atoms with Gasteiger partial charge in [0.15, 0.2) is 0 Å². The Balaban J connectivity index is 3.12. The summed E-state index contributed by atoms with van der Waals surface area (Å²) < 4.78 is 25.7. The highest BCUT2D eigenvalue weighted by molar-refractivity contribution is 7.80. The zero-order chi connectivity index (χ0) is 10.0. The molecule has 0 aliphatic rings. The highest BCUT2D eigenvalue weighted by Gasteiger charge is 2.11. The van der Waals surface area contributed by atoms with Crippen molar-refractivity contribution < 1.29 is 18.7 Å². The quantitative estimate of drug-likeness (QED) is 0.722. The van der Waals surface area contributed by atoms with Gasteiger partial charge in [-0.2, -0.15) is 0 Å². The summed E-state index contributed by atoms with van der Waals surface area (Å²) in [7, 11) is 0. The summed E-state index contributed by atoms with van der Waals surface area (Å²) in [5.74, 6) is -2.69. The van der Waals surface area contributed by atoms with Crippen LogP contribution in [-0.4, -0.2) is 11.1 Å². The van der Waals surface area contributed by atoms with Gasteiger partial charge in [0.2, 0.25) is 0 Å². The molecule has 5 heteroatoms. The Morgan fingerprint density at radius 3 is 2.62 bits per heavy atom. The van der Waals surface area contributed by atoms with Crippen molar-refractivity contribution in [3.8, 4) is 0 Å². The molecule has 0 fully saturated rings. The molecule has 0 aliphatic carbocycles. The van der Waals surface area contributed by atoms with Crippen molar-refractivity contribution in [2.24, 2.45) is 0 Å². The first-order valence-corrected chi connectivity index (χ1v) is 3.84. The second kappa shape index (κ2) is 3.74. The Hall–Kier alpha value is -1.10. The molecule has 0 heterocycles. The molecule has 2 nitrogen and oxygen atoms in total. The van der Waals surface area contributed by atoms with Crippen LogP contribution in [0, 0.1) is 11.6 Å². The largest absolute Gasteiger partial charge is 0.481 e. The fourth-order valence-corrected chi connectivity index (χ4v) is 1.19. The number of thiol groups is 1. The van der Waals surface area contributed by atoms with E-state index >= 15 is 0 Å². The third kappa shape index (κ3) is 2.42. The maximum Gasteiger partial charge on any atom is 0.307 e. The van der Waals surface area contributed by atoms with Gasteiger partial charge in [-0.25, -0.2) is 8.78 Å². The molecule has 70 valence electrons. The number of carboxylic acids is 1. The lowest BCUT2D eigenvalue weighted by molar-refractivity contribution is -0.136. The van der Waals surface area contributed by atoms with Gasteiger partial charge in [-0.3, -0.25) is 4.79 Å². The van der Waals surface area contributed by atoms with E-state index in [1.807, 2.05) is 0 Å². The highest BCUT2D eigenvalue weighted by atomic mass is 32.1. The molecule has 0 aromatic heterocycles. The predicted octanol–water partition coefficient (Wildman–Crippen LogP) is 1.88. The number of aliphatic carboxylic acids is 1. The summed E-state index contributed by atoms with van der Waals surface area (Å²) in [6.45, 7) is 0. The van der Waals surface area contributed by atoms with E-state index in [0.717, 1.165) is 12.1 Å². The molecule has 1 aromatic rings. The van der Waals surface area contributed by atoms with E-state index in [0.29, 0.717) is 0 Å². The lowest BCUT2D eigenvalue weighted by atomic mass is 10.1. The monoisotopic (exact) mass is 204 g/mol. The second-order valence-corrected chi connectivity index (χ2v) is 2.95. The van der Waals surface area contributed by atoms with Crippen molar-refractivity contribution in [2.75, 3.05) is 0 Å². The number of carboxylic acid groups (broad SMARTS) is 1. The van der Waals surface area contributed by atoms with E-state index in [9.17, 15) is 13.6 Å². The fraction of sp³-hybridized carbons (Fsp3) is 0.125. The predicted molar refractivity (Wildman–Crippen MR) is 44.9 cm³/mol. The Labute approximate surface area is 78.6 Å². The summed E-state index contributed by atoms with van der Waals surface area (Å²) >= 11 is 3.65. The topological polar surface area (TPSA) is 37.3 Å². The van der Waals surface area contributed by atoms with E-state index in [4.69, 9.17) is 5.11 Å². The van der Waals surface area contributed by atoms with Gasteiger partial charge in [0.05, 0.1) is 6.42 Å². The summed E-state index contributed by atoms with van der Waals surface area (Å²) in [5.41, 5.74) is -0.197. The third-order valence-corrected chi connectivity index (χ3v) is 1.76.